The second-order valence-corrected chi connectivity index (χ2v) is 4.56. The maximum Gasteiger partial charge on any atom is 0.147 e. The van der Waals surface area contributed by atoms with Crippen molar-refractivity contribution in [1.82, 2.24) is 9.97 Å². The lowest BCUT2D eigenvalue weighted by molar-refractivity contribution is 0.768. The predicted molar refractivity (Wildman–Crippen MR) is 72.8 cm³/mol. The molecule has 0 unspecified atom stereocenters. The Hall–Kier alpha value is -2.10. The summed E-state index contributed by atoms with van der Waals surface area (Å²) in [6.45, 7) is 0. The summed E-state index contributed by atoms with van der Waals surface area (Å²) in [6.07, 6.45) is 5.60. The Morgan fingerprint density at radius 3 is 2.39 bits per heavy atom. The molecule has 1 aromatic carbocycles. The normalized spacial score (nSPS) is 14.3. The number of anilines is 2. The van der Waals surface area contributed by atoms with E-state index in [-0.39, 0.29) is 0 Å². The number of rotatable bonds is 3. The monoisotopic (exact) mass is 240 g/mol. The van der Waals surface area contributed by atoms with Crippen LogP contribution in [0, 0.1) is 0 Å². The van der Waals surface area contributed by atoms with Crippen molar-refractivity contribution in [3.63, 3.8) is 0 Å². The molecule has 92 valence electrons. The molecule has 2 N–H and O–H groups in total. The maximum atomic E-state index is 4.43. The second kappa shape index (κ2) is 4.64. The van der Waals surface area contributed by atoms with Crippen LogP contribution in [0.3, 0.4) is 0 Å². The molecule has 0 amide bonds. The summed E-state index contributed by atoms with van der Waals surface area (Å²) < 4.78 is 0. The minimum Gasteiger partial charge on any atom is -0.372 e. The third kappa shape index (κ3) is 2.14. The van der Waals surface area contributed by atoms with Crippen LogP contribution >= 0.6 is 0 Å². The van der Waals surface area contributed by atoms with Crippen molar-refractivity contribution >= 4 is 11.6 Å². The van der Waals surface area contributed by atoms with Crippen molar-refractivity contribution in [3.05, 3.63) is 47.8 Å². The molecule has 4 nitrogen and oxygen atoms in total. The number of hydrogen-bond donors (Lipinski definition) is 2. The molecular formula is C14H16N4. The first-order valence-electron chi connectivity index (χ1n) is 6.18. The van der Waals surface area contributed by atoms with Gasteiger partial charge >= 0.3 is 0 Å². The van der Waals surface area contributed by atoms with E-state index in [0.29, 0.717) is 6.04 Å². The van der Waals surface area contributed by atoms with Gasteiger partial charge in [0.15, 0.2) is 0 Å². The smallest absolute Gasteiger partial charge is 0.147 e. The van der Waals surface area contributed by atoms with Gasteiger partial charge in [0.25, 0.3) is 0 Å². The highest BCUT2D eigenvalue weighted by molar-refractivity contribution is 5.44. The molecule has 1 heterocycles. The quantitative estimate of drug-likeness (QED) is 0.862. The van der Waals surface area contributed by atoms with Gasteiger partial charge in [0.1, 0.15) is 11.6 Å². The Kier molecular flexibility index (Phi) is 2.84. The first-order valence-corrected chi connectivity index (χ1v) is 6.18. The van der Waals surface area contributed by atoms with Crippen LogP contribution in [0.1, 0.15) is 11.1 Å². The summed E-state index contributed by atoms with van der Waals surface area (Å²) in [7, 11) is 1.85. The van der Waals surface area contributed by atoms with E-state index < -0.39 is 0 Å². The molecule has 0 saturated carbocycles. The van der Waals surface area contributed by atoms with Gasteiger partial charge in [-0.2, -0.15) is 0 Å². The molecular weight excluding hydrogens is 224 g/mol. The first kappa shape index (κ1) is 11.0. The van der Waals surface area contributed by atoms with Crippen molar-refractivity contribution < 1.29 is 0 Å². The average Bonchev–Trinajstić information content (AvgIpc) is 2.81. The number of hydrogen-bond acceptors (Lipinski definition) is 4. The molecule has 0 atom stereocenters. The lowest BCUT2D eigenvalue weighted by Gasteiger charge is -2.12. The van der Waals surface area contributed by atoms with E-state index in [1.807, 2.05) is 7.05 Å². The van der Waals surface area contributed by atoms with Crippen LogP contribution in [0.4, 0.5) is 11.6 Å². The van der Waals surface area contributed by atoms with E-state index in [2.05, 4.69) is 44.9 Å². The zero-order chi connectivity index (χ0) is 12.4. The largest absolute Gasteiger partial charge is 0.372 e. The van der Waals surface area contributed by atoms with Crippen molar-refractivity contribution in [2.45, 2.75) is 18.9 Å². The van der Waals surface area contributed by atoms with Crippen LogP contribution in [-0.4, -0.2) is 23.1 Å². The van der Waals surface area contributed by atoms with Gasteiger partial charge in [0.05, 0.1) is 12.4 Å². The molecule has 1 aromatic heterocycles. The molecule has 1 aliphatic rings. The van der Waals surface area contributed by atoms with E-state index in [1.54, 1.807) is 12.4 Å². The Balaban J connectivity index is 1.72. The second-order valence-electron chi connectivity index (χ2n) is 4.56. The van der Waals surface area contributed by atoms with Gasteiger partial charge in [0.2, 0.25) is 0 Å². The van der Waals surface area contributed by atoms with Gasteiger partial charge in [-0.3, -0.25) is 4.98 Å². The Bertz CT molecular complexity index is 528. The summed E-state index contributed by atoms with van der Waals surface area (Å²) in [5.41, 5.74) is 2.88. The highest BCUT2D eigenvalue weighted by Gasteiger charge is 2.20. The third-order valence-electron chi connectivity index (χ3n) is 3.29. The Morgan fingerprint density at radius 1 is 1.06 bits per heavy atom. The lowest BCUT2D eigenvalue weighted by Crippen LogP contribution is -2.20. The van der Waals surface area contributed by atoms with Gasteiger partial charge in [0, 0.05) is 13.1 Å². The highest BCUT2D eigenvalue weighted by atomic mass is 15.1. The number of benzene rings is 1. The summed E-state index contributed by atoms with van der Waals surface area (Å²) in [5, 5.41) is 6.44. The fourth-order valence-corrected chi connectivity index (χ4v) is 2.43. The van der Waals surface area contributed by atoms with E-state index in [4.69, 9.17) is 0 Å². The zero-order valence-corrected chi connectivity index (χ0v) is 10.4. The van der Waals surface area contributed by atoms with E-state index >= 15 is 0 Å². The molecule has 18 heavy (non-hydrogen) atoms. The number of fused-ring (bicyclic) bond motifs is 1. The number of nitrogens with zero attached hydrogens (tertiary/aromatic N) is 2. The molecule has 0 radical (unpaired) electrons. The lowest BCUT2D eigenvalue weighted by atomic mass is 10.1. The standard InChI is InChI=1S/C14H16N4/c1-15-13-8-16-9-14(18-13)17-12-6-10-4-2-3-5-11(10)7-12/h2-5,8-9,12H,6-7H2,1H3,(H2,15,17,18). The van der Waals surface area contributed by atoms with Crippen LogP contribution in [0.5, 0.6) is 0 Å². The molecule has 3 rings (SSSR count). The molecule has 0 spiro atoms. The molecule has 2 aromatic rings. The van der Waals surface area contributed by atoms with Crippen LogP contribution < -0.4 is 10.6 Å². The van der Waals surface area contributed by atoms with E-state index in [9.17, 15) is 0 Å². The molecule has 0 aliphatic heterocycles. The van der Waals surface area contributed by atoms with Crippen molar-refractivity contribution in [2.75, 3.05) is 17.7 Å². The summed E-state index contributed by atoms with van der Waals surface area (Å²) in [6, 6.07) is 9.02. The van der Waals surface area contributed by atoms with Gasteiger partial charge in [-0.25, -0.2) is 4.98 Å². The van der Waals surface area contributed by atoms with Crippen molar-refractivity contribution in [1.29, 1.82) is 0 Å². The first-order chi connectivity index (χ1) is 8.85. The fraction of sp³-hybridized carbons (Fsp3) is 0.286. The Morgan fingerprint density at radius 2 is 1.72 bits per heavy atom. The molecule has 0 saturated heterocycles. The number of nitrogens with one attached hydrogen (secondary N) is 2. The summed E-state index contributed by atoms with van der Waals surface area (Å²) in [5.74, 6) is 1.62. The topological polar surface area (TPSA) is 49.8 Å². The maximum absolute atomic E-state index is 4.43. The highest BCUT2D eigenvalue weighted by Crippen LogP contribution is 2.23. The molecule has 4 heteroatoms. The SMILES string of the molecule is CNc1cncc(NC2Cc3ccccc3C2)n1. The van der Waals surface area contributed by atoms with Gasteiger partial charge in [-0.05, 0) is 24.0 Å². The van der Waals surface area contributed by atoms with Crippen LogP contribution in [0.2, 0.25) is 0 Å². The van der Waals surface area contributed by atoms with Crippen molar-refractivity contribution in [3.8, 4) is 0 Å². The Labute approximate surface area is 106 Å². The molecule has 0 bridgehead atoms. The number of aromatic nitrogens is 2. The van der Waals surface area contributed by atoms with Crippen LogP contribution in [-0.2, 0) is 12.8 Å². The molecule has 1 aliphatic carbocycles. The third-order valence-corrected chi connectivity index (χ3v) is 3.29. The van der Waals surface area contributed by atoms with Gasteiger partial charge in [-0.1, -0.05) is 24.3 Å². The van der Waals surface area contributed by atoms with Crippen LogP contribution in [0.25, 0.3) is 0 Å². The van der Waals surface area contributed by atoms with E-state index in [0.717, 1.165) is 24.5 Å². The molecule has 0 fully saturated rings. The van der Waals surface area contributed by atoms with Gasteiger partial charge in [-0.15, -0.1) is 0 Å². The minimum atomic E-state index is 0.420. The summed E-state index contributed by atoms with van der Waals surface area (Å²) >= 11 is 0. The fourth-order valence-electron chi connectivity index (χ4n) is 2.43. The minimum absolute atomic E-state index is 0.420. The average molecular weight is 240 g/mol. The van der Waals surface area contributed by atoms with E-state index in [1.165, 1.54) is 11.1 Å². The predicted octanol–water partition coefficient (Wildman–Crippen LogP) is 2.10. The van der Waals surface area contributed by atoms with Crippen LogP contribution in [0.15, 0.2) is 36.7 Å². The van der Waals surface area contributed by atoms with Gasteiger partial charge < -0.3 is 10.6 Å². The van der Waals surface area contributed by atoms with Crippen molar-refractivity contribution in [2.24, 2.45) is 0 Å². The zero-order valence-electron chi connectivity index (χ0n) is 10.4. The summed E-state index contributed by atoms with van der Waals surface area (Å²) in [4.78, 5) is 8.59.